The number of carboxylic acid groups (broad SMARTS) is 1. The van der Waals surface area contributed by atoms with Gasteiger partial charge < -0.3 is 10.8 Å². The quantitative estimate of drug-likeness (QED) is 0.688. The van der Waals surface area contributed by atoms with Gasteiger partial charge in [-0.05, 0) is 37.5 Å². The molecular formula is C13H18N2O4S. The molecule has 1 aliphatic carbocycles. The topological polar surface area (TPSA) is 109 Å². The Morgan fingerprint density at radius 1 is 1.50 bits per heavy atom. The van der Waals surface area contributed by atoms with Gasteiger partial charge in [0.1, 0.15) is 0 Å². The van der Waals surface area contributed by atoms with Crippen LogP contribution in [0.5, 0.6) is 0 Å². The Labute approximate surface area is 118 Å². The van der Waals surface area contributed by atoms with E-state index in [4.69, 9.17) is 10.8 Å². The highest BCUT2D eigenvalue weighted by atomic mass is 32.2. The maximum absolute atomic E-state index is 12.3. The maximum atomic E-state index is 12.3. The smallest absolute Gasteiger partial charge is 0.337 e. The Balaban J connectivity index is 2.26. The lowest BCUT2D eigenvalue weighted by Gasteiger charge is -2.15. The Morgan fingerprint density at radius 2 is 2.15 bits per heavy atom. The maximum Gasteiger partial charge on any atom is 0.337 e. The van der Waals surface area contributed by atoms with Gasteiger partial charge in [-0.2, -0.15) is 0 Å². The van der Waals surface area contributed by atoms with Crippen molar-refractivity contribution in [3.05, 3.63) is 23.8 Å². The van der Waals surface area contributed by atoms with Gasteiger partial charge in [-0.3, -0.25) is 0 Å². The number of nitrogens with two attached hydrogens (primary N) is 1. The van der Waals surface area contributed by atoms with Crippen LogP contribution >= 0.6 is 0 Å². The van der Waals surface area contributed by atoms with Gasteiger partial charge in [-0.1, -0.05) is 12.8 Å². The number of carboxylic acids is 1. The van der Waals surface area contributed by atoms with Crippen LogP contribution in [0.15, 0.2) is 23.1 Å². The number of rotatable bonds is 6. The number of hydrogen-bond donors (Lipinski definition) is 3. The molecule has 1 atom stereocenters. The van der Waals surface area contributed by atoms with E-state index in [0.29, 0.717) is 5.92 Å². The van der Waals surface area contributed by atoms with Crippen molar-refractivity contribution in [2.24, 2.45) is 5.92 Å². The zero-order valence-corrected chi connectivity index (χ0v) is 12.0. The van der Waals surface area contributed by atoms with Gasteiger partial charge >= 0.3 is 5.97 Å². The second-order valence-corrected chi connectivity index (χ2v) is 6.94. The minimum absolute atomic E-state index is 0.215. The van der Waals surface area contributed by atoms with E-state index in [1.165, 1.54) is 12.1 Å². The van der Waals surface area contributed by atoms with Gasteiger partial charge in [0.15, 0.2) is 0 Å². The molecule has 2 rings (SSSR count). The van der Waals surface area contributed by atoms with Crippen molar-refractivity contribution in [2.45, 2.75) is 37.1 Å². The number of nitrogens with one attached hydrogen (secondary N) is 1. The minimum atomic E-state index is -3.86. The van der Waals surface area contributed by atoms with Crippen LogP contribution in [-0.2, 0) is 10.0 Å². The molecule has 0 amide bonds. The average Bonchev–Trinajstić information content (AvgIpc) is 3.11. The third-order valence-electron chi connectivity index (χ3n) is 3.26. The fraction of sp³-hybridized carbons (Fsp3) is 0.462. The van der Waals surface area contributed by atoms with Crippen molar-refractivity contribution in [3.63, 3.8) is 0 Å². The number of carbonyl (C=O) groups is 1. The fourth-order valence-corrected chi connectivity index (χ4v) is 3.61. The molecule has 0 aromatic heterocycles. The van der Waals surface area contributed by atoms with Crippen molar-refractivity contribution < 1.29 is 18.3 Å². The molecule has 7 heteroatoms. The molecule has 0 bridgehead atoms. The van der Waals surface area contributed by atoms with E-state index in [0.717, 1.165) is 25.3 Å². The zero-order valence-electron chi connectivity index (χ0n) is 11.2. The molecule has 6 nitrogen and oxygen atoms in total. The first-order chi connectivity index (χ1) is 9.29. The molecule has 0 spiro atoms. The first-order valence-electron chi connectivity index (χ1n) is 6.45. The molecule has 1 aromatic rings. The lowest BCUT2D eigenvalue weighted by atomic mass is 10.2. The van der Waals surface area contributed by atoms with E-state index in [-0.39, 0.29) is 22.2 Å². The van der Waals surface area contributed by atoms with Crippen molar-refractivity contribution in [1.82, 2.24) is 4.72 Å². The molecule has 110 valence electrons. The summed E-state index contributed by atoms with van der Waals surface area (Å²) in [6, 6.07) is 3.55. The second-order valence-electron chi connectivity index (χ2n) is 5.26. The number of nitrogen functional groups attached to an aromatic ring is 1. The first-order valence-corrected chi connectivity index (χ1v) is 7.93. The summed E-state index contributed by atoms with van der Waals surface area (Å²) in [6.45, 7) is 1.79. The summed E-state index contributed by atoms with van der Waals surface area (Å²) in [6.07, 6.45) is 3.04. The van der Waals surface area contributed by atoms with Crippen LogP contribution in [0.3, 0.4) is 0 Å². The lowest BCUT2D eigenvalue weighted by Crippen LogP contribution is -2.33. The highest BCUT2D eigenvalue weighted by Gasteiger charge is 2.28. The third kappa shape index (κ3) is 3.49. The van der Waals surface area contributed by atoms with Gasteiger partial charge in [0.05, 0.1) is 10.5 Å². The van der Waals surface area contributed by atoms with Gasteiger partial charge in [-0.15, -0.1) is 0 Å². The van der Waals surface area contributed by atoms with Crippen molar-refractivity contribution in [2.75, 3.05) is 5.73 Å². The second kappa shape index (κ2) is 5.41. The predicted molar refractivity (Wildman–Crippen MR) is 74.9 cm³/mol. The van der Waals surface area contributed by atoms with E-state index < -0.39 is 16.0 Å². The summed E-state index contributed by atoms with van der Waals surface area (Å²) in [5, 5.41) is 9.10. The summed E-state index contributed by atoms with van der Waals surface area (Å²) in [5.74, 6) is -0.731. The van der Waals surface area contributed by atoms with E-state index in [9.17, 15) is 13.2 Å². The summed E-state index contributed by atoms with van der Waals surface area (Å²) < 4.78 is 27.1. The van der Waals surface area contributed by atoms with Crippen molar-refractivity contribution in [1.29, 1.82) is 0 Å². The first kappa shape index (κ1) is 14.8. The Kier molecular flexibility index (Phi) is 4.01. The summed E-state index contributed by atoms with van der Waals surface area (Å²) in [4.78, 5) is 10.9. The largest absolute Gasteiger partial charge is 0.478 e. The molecule has 0 saturated heterocycles. The lowest BCUT2D eigenvalue weighted by molar-refractivity contribution is 0.0692. The molecular weight excluding hydrogens is 280 g/mol. The fourth-order valence-electron chi connectivity index (χ4n) is 2.18. The average molecular weight is 298 g/mol. The molecule has 4 N–H and O–H groups in total. The van der Waals surface area contributed by atoms with Gasteiger partial charge in [0, 0.05) is 11.7 Å². The molecule has 20 heavy (non-hydrogen) atoms. The number of aromatic carboxylic acids is 1. The van der Waals surface area contributed by atoms with Gasteiger partial charge in [-0.25, -0.2) is 17.9 Å². The normalized spacial score (nSPS) is 16.9. The molecule has 1 fully saturated rings. The van der Waals surface area contributed by atoms with E-state index in [1.807, 2.05) is 0 Å². The number of hydrogen-bond acceptors (Lipinski definition) is 4. The number of benzene rings is 1. The molecule has 0 aliphatic heterocycles. The van der Waals surface area contributed by atoms with E-state index in [1.54, 1.807) is 6.92 Å². The number of anilines is 1. The van der Waals surface area contributed by atoms with Crippen LogP contribution in [0, 0.1) is 5.92 Å². The monoisotopic (exact) mass is 298 g/mol. The summed E-state index contributed by atoms with van der Waals surface area (Å²) in [7, 11) is -3.86. The number of sulfonamides is 1. The Bertz CT molecular complexity index is 623. The van der Waals surface area contributed by atoms with Crippen LogP contribution in [0.25, 0.3) is 0 Å². The SMILES string of the molecule is CC(CC1CC1)NS(=O)(=O)c1ccc(N)cc1C(=O)O. The van der Waals surface area contributed by atoms with Crippen molar-refractivity contribution >= 4 is 21.7 Å². The van der Waals surface area contributed by atoms with Crippen LogP contribution < -0.4 is 10.5 Å². The van der Waals surface area contributed by atoms with Gasteiger partial charge in [0.2, 0.25) is 10.0 Å². The van der Waals surface area contributed by atoms with Gasteiger partial charge in [0.25, 0.3) is 0 Å². The van der Waals surface area contributed by atoms with Crippen LogP contribution in [0.2, 0.25) is 0 Å². The summed E-state index contributed by atoms with van der Waals surface area (Å²) >= 11 is 0. The van der Waals surface area contributed by atoms with Crippen LogP contribution in [-0.4, -0.2) is 25.5 Å². The van der Waals surface area contributed by atoms with E-state index >= 15 is 0 Å². The molecule has 1 aromatic carbocycles. The Hall–Kier alpha value is -1.60. The minimum Gasteiger partial charge on any atom is -0.478 e. The molecule has 0 radical (unpaired) electrons. The third-order valence-corrected chi connectivity index (χ3v) is 4.91. The Morgan fingerprint density at radius 3 is 2.70 bits per heavy atom. The molecule has 0 heterocycles. The van der Waals surface area contributed by atoms with Crippen LogP contribution in [0.4, 0.5) is 5.69 Å². The zero-order chi connectivity index (χ0) is 14.9. The highest BCUT2D eigenvalue weighted by molar-refractivity contribution is 7.89. The van der Waals surface area contributed by atoms with Crippen LogP contribution in [0.1, 0.15) is 36.5 Å². The van der Waals surface area contributed by atoms with Crippen molar-refractivity contribution in [3.8, 4) is 0 Å². The van der Waals surface area contributed by atoms with E-state index in [2.05, 4.69) is 4.72 Å². The highest BCUT2D eigenvalue weighted by Crippen LogP contribution is 2.33. The molecule has 1 saturated carbocycles. The molecule has 1 unspecified atom stereocenters. The molecule has 1 aliphatic rings. The predicted octanol–water partition coefficient (Wildman–Crippen LogP) is 1.43. The summed E-state index contributed by atoms with van der Waals surface area (Å²) in [5.41, 5.74) is 5.41. The standard InChI is InChI=1S/C13H18N2O4S/c1-8(6-9-2-3-9)15-20(18,19)12-5-4-10(14)7-11(12)13(16)17/h4-5,7-9,15H,2-3,6,14H2,1H3,(H,16,17).